The predicted octanol–water partition coefficient (Wildman–Crippen LogP) is 8.55. The fourth-order valence-corrected chi connectivity index (χ4v) is 7.58. The van der Waals surface area contributed by atoms with Crippen molar-refractivity contribution in [1.29, 1.82) is 10.5 Å². The van der Waals surface area contributed by atoms with Crippen molar-refractivity contribution < 1.29 is 9.59 Å². The Balaban J connectivity index is 1.77. The molecule has 0 N–H and O–H groups in total. The summed E-state index contributed by atoms with van der Waals surface area (Å²) in [5, 5.41) is 21.5. The Hall–Kier alpha value is -3.87. The first-order valence-electron chi connectivity index (χ1n) is 12.6. The van der Waals surface area contributed by atoms with Gasteiger partial charge in [-0.1, -0.05) is 83.9 Å². The van der Waals surface area contributed by atoms with E-state index in [4.69, 9.17) is 23.2 Å². The summed E-state index contributed by atoms with van der Waals surface area (Å²) in [5.74, 6) is -3.06. The van der Waals surface area contributed by atoms with Crippen LogP contribution < -0.4 is 0 Å². The third-order valence-electron chi connectivity index (χ3n) is 7.33. The lowest BCUT2D eigenvalue weighted by atomic mass is 9.60. The largest absolute Gasteiger partial charge is 0.294 e. The number of hydrogen-bond donors (Lipinski definition) is 0. The van der Waals surface area contributed by atoms with Crippen molar-refractivity contribution in [1.82, 2.24) is 0 Å². The van der Waals surface area contributed by atoms with Gasteiger partial charge in [0.1, 0.15) is 0 Å². The van der Waals surface area contributed by atoms with Crippen LogP contribution in [0.2, 0.25) is 10.0 Å². The number of benzene rings is 4. The highest BCUT2D eigenvalue weighted by Crippen LogP contribution is 2.63. The molecule has 4 aromatic carbocycles. The Kier molecular flexibility index (Phi) is 8.10. The molecule has 196 valence electrons. The average molecular weight is 582 g/mol. The Bertz CT molecular complexity index is 1490. The molecule has 0 bridgehead atoms. The molecule has 4 unspecified atom stereocenters. The Morgan fingerprint density at radius 3 is 1.27 bits per heavy atom. The van der Waals surface area contributed by atoms with Gasteiger partial charge in [0, 0.05) is 31.7 Å². The molecular weight excluding hydrogens is 559 g/mol. The van der Waals surface area contributed by atoms with Gasteiger partial charge in [-0.2, -0.15) is 10.5 Å². The molecule has 0 saturated carbocycles. The van der Waals surface area contributed by atoms with E-state index in [-0.39, 0.29) is 11.6 Å². The van der Waals surface area contributed by atoms with E-state index in [1.807, 2.05) is 60.7 Å². The zero-order valence-electron chi connectivity index (χ0n) is 21.1. The Morgan fingerprint density at radius 2 is 0.950 bits per heavy atom. The number of hydrogen-bond acceptors (Lipinski definition) is 5. The lowest BCUT2D eigenvalue weighted by Crippen LogP contribution is -2.50. The molecule has 4 atom stereocenters. The van der Waals surface area contributed by atoms with Gasteiger partial charge < -0.3 is 0 Å². The van der Waals surface area contributed by atoms with Crippen LogP contribution >= 0.6 is 35.0 Å². The third-order valence-corrected chi connectivity index (χ3v) is 9.51. The zero-order chi connectivity index (χ0) is 28.3. The summed E-state index contributed by atoms with van der Waals surface area (Å²) in [6, 6.07) is 36.0. The summed E-state index contributed by atoms with van der Waals surface area (Å²) >= 11 is 13.6. The highest BCUT2D eigenvalue weighted by molar-refractivity contribution is 7.99. The van der Waals surface area contributed by atoms with Crippen LogP contribution in [0.25, 0.3) is 0 Å². The van der Waals surface area contributed by atoms with Crippen molar-refractivity contribution in [2.75, 3.05) is 0 Å². The lowest BCUT2D eigenvalue weighted by Gasteiger charge is -2.47. The molecule has 0 aromatic heterocycles. The first kappa shape index (κ1) is 27.7. The molecule has 1 saturated heterocycles. The molecule has 1 heterocycles. The molecule has 0 aliphatic carbocycles. The van der Waals surface area contributed by atoms with Crippen molar-refractivity contribution in [2.45, 2.75) is 10.5 Å². The number of thioether (sulfide) groups is 1. The van der Waals surface area contributed by atoms with Gasteiger partial charge in [-0.15, -0.1) is 11.8 Å². The highest BCUT2D eigenvalue weighted by Gasteiger charge is 2.62. The van der Waals surface area contributed by atoms with Crippen LogP contribution in [0.5, 0.6) is 0 Å². The van der Waals surface area contributed by atoms with Crippen molar-refractivity contribution in [3.05, 3.63) is 141 Å². The van der Waals surface area contributed by atoms with E-state index < -0.39 is 27.8 Å². The summed E-state index contributed by atoms with van der Waals surface area (Å²) < 4.78 is 0. The fourth-order valence-electron chi connectivity index (χ4n) is 5.39. The molecule has 1 aliphatic rings. The van der Waals surface area contributed by atoms with E-state index in [0.29, 0.717) is 21.2 Å². The number of carbonyl (C=O) groups excluding carboxylic acids is 2. The smallest absolute Gasteiger partial charge is 0.170 e. The van der Waals surface area contributed by atoms with Gasteiger partial charge >= 0.3 is 0 Å². The quantitative estimate of drug-likeness (QED) is 0.213. The van der Waals surface area contributed by atoms with E-state index in [2.05, 4.69) is 12.1 Å². The first-order valence-corrected chi connectivity index (χ1v) is 14.3. The second kappa shape index (κ2) is 11.7. The number of halogens is 2. The van der Waals surface area contributed by atoms with Crippen molar-refractivity contribution in [3.63, 3.8) is 0 Å². The minimum atomic E-state index is -1.99. The van der Waals surface area contributed by atoms with Gasteiger partial charge in [0.25, 0.3) is 0 Å². The molecule has 5 rings (SSSR count). The second-order valence-electron chi connectivity index (χ2n) is 9.59. The molecule has 40 heavy (non-hydrogen) atoms. The van der Waals surface area contributed by atoms with Gasteiger partial charge in [-0.3, -0.25) is 9.59 Å². The monoisotopic (exact) mass is 580 g/mol. The number of nitrogens with zero attached hydrogens (tertiary/aromatic N) is 2. The van der Waals surface area contributed by atoms with Gasteiger partial charge in [-0.05, 0) is 59.7 Å². The van der Waals surface area contributed by atoms with Crippen LogP contribution in [0, 0.1) is 39.9 Å². The van der Waals surface area contributed by atoms with E-state index >= 15 is 0 Å². The van der Waals surface area contributed by atoms with Crippen molar-refractivity contribution in [3.8, 4) is 12.1 Å². The van der Waals surface area contributed by atoms with Gasteiger partial charge in [-0.25, -0.2) is 0 Å². The summed E-state index contributed by atoms with van der Waals surface area (Å²) in [7, 11) is 0. The third kappa shape index (κ3) is 5.05. The van der Waals surface area contributed by atoms with E-state index in [0.717, 1.165) is 11.1 Å². The molecule has 4 nitrogen and oxygen atoms in total. The maximum Gasteiger partial charge on any atom is 0.170 e. The molecule has 0 radical (unpaired) electrons. The number of Topliss-reactive ketones (excluding diaryl/α,β-unsaturated/α-hetero) is 2. The van der Waals surface area contributed by atoms with E-state index in [1.54, 1.807) is 48.5 Å². The standard InChI is InChI=1S/C33H22Cl2N2O2S/c34-25-15-11-21(12-16-25)29(38)27-31(23-7-3-1-4-8-23)40-32(24-9-5-2-6-10-24)28(33(27,19-36)20-37)30(39)22-13-17-26(35)18-14-22/h1-18,27-28,31-32H. The minimum Gasteiger partial charge on any atom is -0.294 e. The highest BCUT2D eigenvalue weighted by atomic mass is 35.5. The normalized spacial score (nSPS) is 21.5. The number of ketones is 2. The van der Waals surface area contributed by atoms with Crippen LogP contribution in [-0.2, 0) is 0 Å². The van der Waals surface area contributed by atoms with Crippen LogP contribution in [0.4, 0.5) is 0 Å². The number of rotatable bonds is 6. The molecule has 7 heteroatoms. The maximum atomic E-state index is 14.3. The van der Waals surface area contributed by atoms with Crippen LogP contribution in [0.15, 0.2) is 109 Å². The molecule has 0 spiro atoms. The average Bonchev–Trinajstić information content (AvgIpc) is 3.01. The van der Waals surface area contributed by atoms with Crippen molar-refractivity contribution >= 4 is 46.5 Å². The Labute approximate surface area is 247 Å². The Morgan fingerprint density at radius 1 is 0.600 bits per heavy atom. The maximum absolute atomic E-state index is 14.3. The number of carbonyl (C=O) groups is 2. The van der Waals surface area contributed by atoms with Crippen molar-refractivity contribution in [2.24, 2.45) is 17.3 Å². The first-order chi connectivity index (χ1) is 19.4. The predicted molar refractivity (Wildman–Crippen MR) is 158 cm³/mol. The molecule has 0 amide bonds. The van der Waals surface area contributed by atoms with Gasteiger partial charge in [0.2, 0.25) is 0 Å². The molecule has 1 fully saturated rings. The van der Waals surface area contributed by atoms with Gasteiger partial charge in [0.05, 0.1) is 24.0 Å². The minimum absolute atomic E-state index is 0.321. The number of nitriles is 2. The lowest BCUT2D eigenvalue weighted by molar-refractivity contribution is 0.0690. The topological polar surface area (TPSA) is 81.7 Å². The molecular formula is C33H22Cl2N2O2S. The van der Waals surface area contributed by atoms with Gasteiger partial charge in [0.15, 0.2) is 17.0 Å². The summed E-state index contributed by atoms with van der Waals surface area (Å²) in [6.45, 7) is 0. The van der Waals surface area contributed by atoms with Crippen LogP contribution in [0.3, 0.4) is 0 Å². The molecule has 4 aromatic rings. The summed E-state index contributed by atoms with van der Waals surface area (Å²) in [5.41, 5.74) is 0.254. The zero-order valence-corrected chi connectivity index (χ0v) is 23.4. The van der Waals surface area contributed by atoms with Crippen LogP contribution in [0.1, 0.15) is 42.3 Å². The van der Waals surface area contributed by atoms with Crippen LogP contribution in [-0.4, -0.2) is 11.6 Å². The second-order valence-corrected chi connectivity index (χ2v) is 11.7. The van der Waals surface area contributed by atoms with E-state index in [1.165, 1.54) is 11.8 Å². The fraction of sp³-hybridized carbons (Fsp3) is 0.152. The molecule has 1 aliphatic heterocycles. The summed E-state index contributed by atoms with van der Waals surface area (Å²) in [6.07, 6.45) is 0. The SMILES string of the molecule is N#CC1(C#N)C(C(=O)c2ccc(Cl)cc2)C(c2ccccc2)SC(c2ccccc2)C1C(=O)c1ccc(Cl)cc1. The van der Waals surface area contributed by atoms with E-state index in [9.17, 15) is 20.1 Å². The summed E-state index contributed by atoms with van der Waals surface area (Å²) in [4.78, 5) is 28.7.